The number of hydrogen-bond donors (Lipinski definition) is 1. The van der Waals surface area contributed by atoms with Crippen molar-refractivity contribution in [1.82, 2.24) is 4.90 Å². The topological polar surface area (TPSA) is 32.7 Å². The molecule has 0 radical (unpaired) electrons. The van der Waals surface area contributed by atoms with Gasteiger partial charge in [-0.1, -0.05) is 6.42 Å². The molecule has 94 valence electrons. The number of likely N-dealkylation sites (tertiary alicyclic amines) is 1. The molecule has 0 atom stereocenters. The molecule has 1 aliphatic heterocycles. The van der Waals surface area contributed by atoms with E-state index in [4.69, 9.17) is 9.84 Å². The maximum atomic E-state index is 9.14. The zero-order valence-corrected chi connectivity index (χ0v) is 10.3. The second-order valence-electron chi connectivity index (χ2n) is 4.60. The average Bonchev–Trinajstić information content (AvgIpc) is 2.38. The Morgan fingerprint density at radius 3 is 2.47 bits per heavy atom. The molecule has 1 aliphatic rings. The molecule has 0 unspecified atom stereocenters. The second-order valence-corrected chi connectivity index (χ2v) is 4.60. The van der Waals surface area contributed by atoms with Crippen molar-refractivity contribution in [2.45, 2.75) is 25.7 Å². The van der Waals surface area contributed by atoms with Gasteiger partial charge in [0.1, 0.15) is 11.5 Å². The lowest BCUT2D eigenvalue weighted by Crippen LogP contribution is -2.31. The van der Waals surface area contributed by atoms with Crippen molar-refractivity contribution in [3.05, 3.63) is 24.3 Å². The molecule has 17 heavy (non-hydrogen) atoms. The third kappa shape index (κ3) is 4.27. The van der Waals surface area contributed by atoms with Gasteiger partial charge in [0.15, 0.2) is 0 Å². The van der Waals surface area contributed by atoms with E-state index in [1.54, 1.807) is 24.3 Å². The molecule has 0 amide bonds. The van der Waals surface area contributed by atoms with Crippen molar-refractivity contribution in [2.75, 3.05) is 26.2 Å². The van der Waals surface area contributed by atoms with Crippen LogP contribution in [0.5, 0.6) is 11.5 Å². The molecule has 1 aromatic carbocycles. The van der Waals surface area contributed by atoms with E-state index in [0.29, 0.717) is 0 Å². The van der Waals surface area contributed by atoms with E-state index >= 15 is 0 Å². The molecule has 0 saturated carbocycles. The van der Waals surface area contributed by atoms with Gasteiger partial charge >= 0.3 is 0 Å². The van der Waals surface area contributed by atoms with E-state index in [-0.39, 0.29) is 5.75 Å². The lowest BCUT2D eigenvalue weighted by Gasteiger charge is -2.26. The van der Waals surface area contributed by atoms with Crippen LogP contribution in [0, 0.1) is 0 Å². The summed E-state index contributed by atoms with van der Waals surface area (Å²) in [6.07, 6.45) is 5.15. The second kappa shape index (κ2) is 6.50. The fourth-order valence-corrected chi connectivity index (χ4v) is 2.20. The molecule has 2 rings (SSSR count). The Labute approximate surface area is 103 Å². The number of ether oxygens (including phenoxy) is 1. The van der Waals surface area contributed by atoms with Crippen LogP contribution in [0.15, 0.2) is 24.3 Å². The van der Waals surface area contributed by atoms with E-state index in [1.165, 1.54) is 32.4 Å². The Hall–Kier alpha value is -1.22. The number of nitrogens with zero attached hydrogens (tertiary/aromatic N) is 1. The van der Waals surface area contributed by atoms with Crippen molar-refractivity contribution >= 4 is 0 Å². The monoisotopic (exact) mass is 235 g/mol. The summed E-state index contributed by atoms with van der Waals surface area (Å²) in [4.78, 5) is 2.52. The normalized spacial score (nSPS) is 16.9. The van der Waals surface area contributed by atoms with Gasteiger partial charge in [0, 0.05) is 6.54 Å². The zero-order valence-electron chi connectivity index (χ0n) is 10.3. The standard InChI is InChI=1S/C14H21NO2/c16-13-5-7-14(8-6-13)17-12-4-11-15-9-2-1-3-10-15/h5-8,16H,1-4,9-12H2. The van der Waals surface area contributed by atoms with Crippen LogP contribution < -0.4 is 4.74 Å². The summed E-state index contributed by atoms with van der Waals surface area (Å²) >= 11 is 0. The lowest BCUT2D eigenvalue weighted by molar-refractivity contribution is 0.205. The van der Waals surface area contributed by atoms with E-state index in [1.807, 2.05) is 0 Å². The summed E-state index contributed by atoms with van der Waals surface area (Å²) in [7, 11) is 0. The molecule has 1 fully saturated rings. The highest BCUT2D eigenvalue weighted by Crippen LogP contribution is 2.16. The number of phenols is 1. The smallest absolute Gasteiger partial charge is 0.119 e. The van der Waals surface area contributed by atoms with Crippen molar-refractivity contribution in [3.63, 3.8) is 0 Å². The highest BCUT2D eigenvalue weighted by molar-refractivity contribution is 5.29. The number of aromatic hydroxyl groups is 1. The number of hydrogen-bond acceptors (Lipinski definition) is 3. The first-order chi connectivity index (χ1) is 8.34. The summed E-state index contributed by atoms with van der Waals surface area (Å²) in [6, 6.07) is 6.91. The van der Waals surface area contributed by atoms with E-state index in [2.05, 4.69) is 4.90 Å². The molecule has 0 aliphatic carbocycles. The van der Waals surface area contributed by atoms with Gasteiger partial charge < -0.3 is 14.7 Å². The first kappa shape index (κ1) is 12.2. The van der Waals surface area contributed by atoms with Gasteiger partial charge in [-0.15, -0.1) is 0 Å². The third-order valence-corrected chi connectivity index (χ3v) is 3.17. The Kier molecular flexibility index (Phi) is 4.68. The average molecular weight is 235 g/mol. The summed E-state index contributed by atoms with van der Waals surface area (Å²) < 4.78 is 5.61. The highest BCUT2D eigenvalue weighted by Gasteiger charge is 2.08. The van der Waals surface area contributed by atoms with Crippen LogP contribution in [0.25, 0.3) is 0 Å². The minimum atomic E-state index is 0.283. The van der Waals surface area contributed by atoms with Crippen molar-refractivity contribution < 1.29 is 9.84 Å². The molecule has 1 heterocycles. The van der Waals surface area contributed by atoms with E-state index in [9.17, 15) is 0 Å². The van der Waals surface area contributed by atoms with E-state index < -0.39 is 0 Å². The van der Waals surface area contributed by atoms with Crippen LogP contribution in [0.4, 0.5) is 0 Å². The molecule has 0 aromatic heterocycles. The zero-order chi connectivity index (χ0) is 11.9. The van der Waals surface area contributed by atoms with Crippen molar-refractivity contribution in [1.29, 1.82) is 0 Å². The van der Waals surface area contributed by atoms with Gasteiger partial charge in [-0.2, -0.15) is 0 Å². The Morgan fingerprint density at radius 1 is 1.06 bits per heavy atom. The van der Waals surface area contributed by atoms with Crippen LogP contribution in [0.2, 0.25) is 0 Å². The number of piperidine rings is 1. The highest BCUT2D eigenvalue weighted by atomic mass is 16.5. The van der Waals surface area contributed by atoms with E-state index in [0.717, 1.165) is 25.3 Å². The predicted molar refractivity (Wildman–Crippen MR) is 68.5 cm³/mol. The van der Waals surface area contributed by atoms with Crippen LogP contribution in [0.1, 0.15) is 25.7 Å². The molecule has 1 saturated heterocycles. The van der Waals surface area contributed by atoms with Crippen LogP contribution in [0.3, 0.4) is 0 Å². The van der Waals surface area contributed by atoms with Gasteiger partial charge in [0.05, 0.1) is 6.61 Å². The Balaban J connectivity index is 1.60. The summed E-state index contributed by atoms with van der Waals surface area (Å²) in [5.74, 6) is 1.12. The third-order valence-electron chi connectivity index (χ3n) is 3.17. The first-order valence-electron chi connectivity index (χ1n) is 6.49. The lowest BCUT2D eigenvalue weighted by atomic mass is 10.1. The van der Waals surface area contributed by atoms with Crippen LogP contribution in [-0.2, 0) is 0 Å². The van der Waals surface area contributed by atoms with Crippen LogP contribution in [-0.4, -0.2) is 36.2 Å². The Morgan fingerprint density at radius 2 is 1.76 bits per heavy atom. The molecule has 0 spiro atoms. The number of rotatable bonds is 5. The molecule has 0 bridgehead atoms. The SMILES string of the molecule is Oc1ccc(OCCCN2CCCCC2)cc1. The molecule has 3 heteroatoms. The largest absolute Gasteiger partial charge is 0.508 e. The molecular formula is C14H21NO2. The Bertz CT molecular complexity index is 317. The van der Waals surface area contributed by atoms with Gasteiger partial charge in [0.2, 0.25) is 0 Å². The fourth-order valence-electron chi connectivity index (χ4n) is 2.20. The van der Waals surface area contributed by atoms with Crippen molar-refractivity contribution in [2.24, 2.45) is 0 Å². The molecule has 3 nitrogen and oxygen atoms in total. The summed E-state index contributed by atoms with van der Waals surface area (Å²) in [5.41, 5.74) is 0. The molecule has 1 aromatic rings. The van der Waals surface area contributed by atoms with Crippen molar-refractivity contribution in [3.8, 4) is 11.5 Å². The quantitative estimate of drug-likeness (QED) is 0.796. The maximum Gasteiger partial charge on any atom is 0.119 e. The van der Waals surface area contributed by atoms with Gasteiger partial charge in [0.25, 0.3) is 0 Å². The first-order valence-corrected chi connectivity index (χ1v) is 6.49. The van der Waals surface area contributed by atoms with Gasteiger partial charge in [-0.05, 0) is 56.6 Å². The number of phenolic OH excluding ortho intramolecular Hbond substituents is 1. The maximum absolute atomic E-state index is 9.14. The summed E-state index contributed by atoms with van der Waals surface area (Å²) in [5, 5.41) is 9.14. The minimum Gasteiger partial charge on any atom is -0.508 e. The fraction of sp³-hybridized carbons (Fsp3) is 0.571. The number of benzene rings is 1. The summed E-state index contributed by atoms with van der Waals surface area (Å²) in [6.45, 7) is 4.39. The molecular weight excluding hydrogens is 214 g/mol. The van der Waals surface area contributed by atoms with Crippen LogP contribution >= 0.6 is 0 Å². The minimum absolute atomic E-state index is 0.283. The predicted octanol–water partition coefficient (Wildman–Crippen LogP) is 2.65. The van der Waals surface area contributed by atoms with Gasteiger partial charge in [-0.25, -0.2) is 0 Å². The van der Waals surface area contributed by atoms with Gasteiger partial charge in [-0.3, -0.25) is 0 Å². The molecule has 1 N–H and O–H groups in total.